The summed E-state index contributed by atoms with van der Waals surface area (Å²) in [5.74, 6) is 6.34. The number of thiophene rings is 1. The predicted octanol–water partition coefficient (Wildman–Crippen LogP) is 6.79. The van der Waals surface area contributed by atoms with Gasteiger partial charge in [-0.05, 0) is 73.0 Å². The van der Waals surface area contributed by atoms with Crippen molar-refractivity contribution in [2.24, 2.45) is 5.41 Å². The molecule has 0 aliphatic rings. The fourth-order valence-corrected chi connectivity index (χ4v) is 3.34. The van der Waals surface area contributed by atoms with Gasteiger partial charge in [-0.15, -0.1) is 12.4 Å². The molecule has 0 saturated heterocycles. The van der Waals surface area contributed by atoms with Gasteiger partial charge >= 0.3 is 0 Å². The molecule has 0 aliphatic carbocycles. The highest BCUT2D eigenvalue weighted by Gasteiger charge is 2.02. The van der Waals surface area contributed by atoms with E-state index >= 15 is 0 Å². The fraction of sp³-hybridized carbons (Fsp3) is 0.385. The average Bonchev–Trinajstić information content (AvgIpc) is 3.23. The van der Waals surface area contributed by atoms with Crippen molar-refractivity contribution in [2.45, 2.75) is 27.7 Å². The van der Waals surface area contributed by atoms with E-state index in [-0.39, 0.29) is 17.8 Å². The van der Waals surface area contributed by atoms with Crippen molar-refractivity contribution >= 4 is 29.8 Å². The number of likely N-dealkylation sites (N-methyl/N-ethyl adjacent to an activating group) is 1. The van der Waals surface area contributed by atoms with Gasteiger partial charge in [0, 0.05) is 18.5 Å². The Morgan fingerprint density at radius 1 is 1.13 bits per heavy atom. The van der Waals surface area contributed by atoms with E-state index in [1.807, 2.05) is 6.08 Å². The van der Waals surface area contributed by atoms with Gasteiger partial charge in [-0.3, -0.25) is 4.90 Å². The van der Waals surface area contributed by atoms with Crippen LogP contribution in [0.1, 0.15) is 33.3 Å². The third-order valence-electron chi connectivity index (χ3n) is 4.28. The molecule has 4 heteroatoms. The Labute approximate surface area is 193 Å². The van der Waals surface area contributed by atoms with Gasteiger partial charge in [-0.2, -0.15) is 11.3 Å². The lowest BCUT2D eigenvalue weighted by Crippen LogP contribution is -2.27. The first kappa shape index (κ1) is 26.2. The van der Waals surface area contributed by atoms with Crippen LogP contribution >= 0.6 is 23.7 Å². The minimum absolute atomic E-state index is 0. The third kappa shape index (κ3) is 10.8. The van der Waals surface area contributed by atoms with Gasteiger partial charge in [0.25, 0.3) is 0 Å². The molecule has 1 heterocycles. The largest absolute Gasteiger partial charge is 0.376 e. The van der Waals surface area contributed by atoms with Gasteiger partial charge in [-0.1, -0.05) is 55.2 Å². The molecule has 2 nitrogen and oxygen atoms in total. The van der Waals surface area contributed by atoms with Crippen LogP contribution in [-0.4, -0.2) is 37.7 Å². The maximum Gasteiger partial charge on any atom is 0.0651 e. The maximum absolute atomic E-state index is 5.78. The van der Waals surface area contributed by atoms with Crippen molar-refractivity contribution in [3.05, 3.63) is 64.9 Å². The molecule has 0 unspecified atom stereocenters. The highest BCUT2D eigenvalue weighted by Crippen LogP contribution is 2.23. The molecule has 0 aliphatic heterocycles. The highest BCUT2D eigenvalue weighted by atomic mass is 35.5. The molecule has 30 heavy (non-hydrogen) atoms. The Balaban J connectivity index is 0.00000450. The SMILES string of the molecule is CCN(C/C=C/C#CC(C)(C)C)CCOC/C=C/c1cccc(-c2ccsc2)c1.Cl. The van der Waals surface area contributed by atoms with Gasteiger partial charge < -0.3 is 4.74 Å². The van der Waals surface area contributed by atoms with Crippen LogP contribution < -0.4 is 0 Å². The number of hydrogen-bond acceptors (Lipinski definition) is 3. The van der Waals surface area contributed by atoms with E-state index in [1.54, 1.807) is 11.3 Å². The molecule has 0 radical (unpaired) electrons. The maximum atomic E-state index is 5.78. The Bertz CT molecular complexity index is 838. The molecular formula is C26H34ClNOS. The first-order chi connectivity index (χ1) is 14.0. The summed E-state index contributed by atoms with van der Waals surface area (Å²) in [6, 6.07) is 10.7. The van der Waals surface area contributed by atoms with Gasteiger partial charge in [-0.25, -0.2) is 0 Å². The van der Waals surface area contributed by atoms with Crippen LogP contribution in [-0.2, 0) is 4.74 Å². The Kier molecular flexibility index (Phi) is 12.4. The number of hydrogen-bond donors (Lipinski definition) is 0. The number of benzene rings is 1. The molecule has 162 valence electrons. The lowest BCUT2D eigenvalue weighted by atomic mass is 9.98. The molecule has 0 fully saturated rings. The molecule has 0 atom stereocenters. The number of rotatable bonds is 10. The summed E-state index contributed by atoms with van der Waals surface area (Å²) in [5.41, 5.74) is 3.79. The second kappa shape index (κ2) is 14.2. The van der Waals surface area contributed by atoms with E-state index in [4.69, 9.17) is 4.74 Å². The molecule has 0 N–H and O–H groups in total. The fourth-order valence-electron chi connectivity index (χ4n) is 2.68. The van der Waals surface area contributed by atoms with Crippen LogP contribution in [0.5, 0.6) is 0 Å². The van der Waals surface area contributed by atoms with Crippen molar-refractivity contribution < 1.29 is 4.74 Å². The van der Waals surface area contributed by atoms with Crippen molar-refractivity contribution in [1.29, 1.82) is 0 Å². The molecule has 1 aromatic heterocycles. The van der Waals surface area contributed by atoms with Crippen LogP contribution in [0.4, 0.5) is 0 Å². The summed E-state index contributed by atoms with van der Waals surface area (Å²) in [5, 5.41) is 4.29. The van der Waals surface area contributed by atoms with Crippen LogP contribution in [0, 0.1) is 17.3 Å². The summed E-state index contributed by atoms with van der Waals surface area (Å²) in [4.78, 5) is 2.35. The van der Waals surface area contributed by atoms with Crippen molar-refractivity contribution in [1.82, 2.24) is 4.90 Å². The summed E-state index contributed by atoms with van der Waals surface area (Å²) < 4.78 is 5.78. The Morgan fingerprint density at radius 3 is 2.67 bits per heavy atom. The number of nitrogens with zero attached hydrogens (tertiary/aromatic N) is 1. The van der Waals surface area contributed by atoms with E-state index in [1.165, 1.54) is 16.7 Å². The van der Waals surface area contributed by atoms with Crippen LogP contribution in [0.25, 0.3) is 17.2 Å². The molecule has 2 rings (SSSR count). The zero-order chi connectivity index (χ0) is 21.0. The molecule has 2 aromatic rings. The summed E-state index contributed by atoms with van der Waals surface area (Å²) >= 11 is 1.73. The average molecular weight is 444 g/mol. The summed E-state index contributed by atoms with van der Waals surface area (Å²) in [6.07, 6.45) is 8.30. The quantitative estimate of drug-likeness (QED) is 0.296. The monoisotopic (exact) mass is 443 g/mol. The normalized spacial score (nSPS) is 11.6. The van der Waals surface area contributed by atoms with E-state index in [9.17, 15) is 0 Å². The third-order valence-corrected chi connectivity index (χ3v) is 4.96. The Hall–Kier alpha value is -1.83. The predicted molar refractivity (Wildman–Crippen MR) is 135 cm³/mol. The first-order valence-corrected chi connectivity index (χ1v) is 11.2. The highest BCUT2D eigenvalue weighted by molar-refractivity contribution is 7.08. The van der Waals surface area contributed by atoms with Crippen LogP contribution in [0.15, 0.2) is 59.3 Å². The zero-order valence-corrected chi connectivity index (χ0v) is 20.2. The zero-order valence-electron chi connectivity index (χ0n) is 18.6. The molecule has 1 aromatic carbocycles. The topological polar surface area (TPSA) is 12.5 Å². The molecule has 0 spiro atoms. The smallest absolute Gasteiger partial charge is 0.0651 e. The first-order valence-electron chi connectivity index (χ1n) is 10.2. The lowest BCUT2D eigenvalue weighted by Gasteiger charge is -2.17. The van der Waals surface area contributed by atoms with E-state index in [0.717, 1.165) is 26.2 Å². The summed E-state index contributed by atoms with van der Waals surface area (Å²) in [7, 11) is 0. The second-order valence-electron chi connectivity index (χ2n) is 7.93. The molecule has 0 saturated carbocycles. The van der Waals surface area contributed by atoms with Gasteiger partial charge in [0.1, 0.15) is 0 Å². The van der Waals surface area contributed by atoms with Gasteiger partial charge in [0.15, 0.2) is 0 Å². The summed E-state index contributed by atoms with van der Waals surface area (Å²) in [6.45, 7) is 12.7. The minimum Gasteiger partial charge on any atom is -0.376 e. The van der Waals surface area contributed by atoms with Crippen molar-refractivity contribution in [2.75, 3.05) is 32.8 Å². The standard InChI is InChI=1S/C26H33NOS.ClH/c1-5-27(16-8-6-7-15-26(2,3)4)17-19-28-18-10-12-23-11-9-13-24(21-23)25-14-20-29-22-25;/h6,8-14,20-22H,5,16-19H2,1-4H3;1H/b8-6+,12-10+;. The molecule has 0 amide bonds. The van der Waals surface area contributed by atoms with Gasteiger partial charge in [0.05, 0.1) is 13.2 Å². The minimum atomic E-state index is 0. The number of halogens is 1. The van der Waals surface area contributed by atoms with Crippen LogP contribution in [0.3, 0.4) is 0 Å². The van der Waals surface area contributed by atoms with Gasteiger partial charge in [0.2, 0.25) is 0 Å². The molecule has 0 bridgehead atoms. The molecular weight excluding hydrogens is 410 g/mol. The van der Waals surface area contributed by atoms with E-state index in [2.05, 4.69) is 104 Å². The van der Waals surface area contributed by atoms with Crippen molar-refractivity contribution in [3.8, 4) is 23.0 Å². The number of ether oxygens (including phenoxy) is 1. The Morgan fingerprint density at radius 2 is 1.97 bits per heavy atom. The van der Waals surface area contributed by atoms with Crippen LogP contribution in [0.2, 0.25) is 0 Å². The van der Waals surface area contributed by atoms with Crippen molar-refractivity contribution in [3.63, 3.8) is 0 Å². The van der Waals surface area contributed by atoms with E-state index in [0.29, 0.717) is 6.61 Å². The second-order valence-corrected chi connectivity index (χ2v) is 8.71. The lowest BCUT2D eigenvalue weighted by molar-refractivity contribution is 0.131. The number of allylic oxidation sites excluding steroid dienone is 1. The van der Waals surface area contributed by atoms with E-state index < -0.39 is 0 Å².